The predicted molar refractivity (Wildman–Crippen MR) is 33.8 cm³/mol. The molecule has 2 atom stereocenters. The third kappa shape index (κ3) is 0.873. The Morgan fingerprint density at radius 1 is 1.50 bits per heavy atom. The highest BCUT2D eigenvalue weighted by molar-refractivity contribution is 4.89. The highest BCUT2D eigenvalue weighted by Gasteiger charge is 2.34. The lowest BCUT2D eigenvalue weighted by Gasteiger charge is -1.95. The zero-order chi connectivity index (χ0) is 5.56. The summed E-state index contributed by atoms with van der Waals surface area (Å²) >= 11 is 0. The lowest BCUT2D eigenvalue weighted by molar-refractivity contribution is 0.487. The van der Waals surface area contributed by atoms with Gasteiger partial charge in [-0.15, -0.1) is 0 Å². The monoisotopic (exact) mass is 111 g/mol. The van der Waals surface area contributed by atoms with Crippen LogP contribution in [-0.2, 0) is 0 Å². The van der Waals surface area contributed by atoms with Gasteiger partial charge in [0.15, 0.2) is 0 Å². The molecule has 1 saturated heterocycles. The van der Waals surface area contributed by atoms with E-state index >= 15 is 0 Å². The molecule has 0 spiro atoms. The van der Waals surface area contributed by atoms with Gasteiger partial charge in [-0.25, -0.2) is 0 Å². The fraction of sp³-hybridized carbons (Fsp3) is 1.00. The number of hydrogen-bond donors (Lipinski definition) is 0. The van der Waals surface area contributed by atoms with Gasteiger partial charge in [0.1, 0.15) is 0 Å². The summed E-state index contributed by atoms with van der Waals surface area (Å²) in [5.41, 5.74) is 0. The van der Waals surface area contributed by atoms with Crippen molar-refractivity contribution in [3.8, 4) is 0 Å². The minimum atomic E-state index is 0.926. The van der Waals surface area contributed by atoms with E-state index < -0.39 is 0 Å². The normalized spacial score (nSPS) is 44.6. The summed E-state index contributed by atoms with van der Waals surface area (Å²) < 4.78 is 0. The summed E-state index contributed by atoms with van der Waals surface area (Å²) in [6.45, 7) is 5.08. The van der Waals surface area contributed by atoms with E-state index in [1.165, 1.54) is 25.9 Å². The van der Waals surface area contributed by atoms with Crippen molar-refractivity contribution in [1.29, 1.82) is 0 Å². The van der Waals surface area contributed by atoms with Crippen molar-refractivity contribution in [2.24, 2.45) is 5.92 Å². The van der Waals surface area contributed by atoms with Crippen molar-refractivity contribution in [2.75, 3.05) is 13.1 Å². The minimum absolute atomic E-state index is 0.926. The van der Waals surface area contributed by atoms with Crippen LogP contribution in [0.3, 0.4) is 0 Å². The number of hydrogen-bond acceptors (Lipinski definition) is 1. The molecule has 1 aliphatic heterocycles. The van der Waals surface area contributed by atoms with Gasteiger partial charge in [-0.05, 0) is 25.7 Å². The van der Waals surface area contributed by atoms with Gasteiger partial charge >= 0.3 is 0 Å². The fourth-order valence-corrected chi connectivity index (χ4v) is 1.18. The van der Waals surface area contributed by atoms with Crippen molar-refractivity contribution in [3.63, 3.8) is 0 Å². The molecule has 0 aromatic rings. The topological polar surface area (TPSA) is 3.01 Å². The second-order valence-corrected chi connectivity index (χ2v) is 3.25. The van der Waals surface area contributed by atoms with Gasteiger partial charge in [-0.2, -0.15) is 0 Å². The van der Waals surface area contributed by atoms with Crippen LogP contribution in [0.5, 0.6) is 0 Å². The third-order valence-corrected chi connectivity index (χ3v) is 2.18. The van der Waals surface area contributed by atoms with Crippen LogP contribution in [0.15, 0.2) is 0 Å². The standard InChI is InChI=1S/C7H13N/c1-6-4-8(6)5-7-2-3-7/h6-7H,2-5H2,1H3. The maximum Gasteiger partial charge on any atom is 0.0195 e. The quantitative estimate of drug-likeness (QED) is 0.482. The largest absolute Gasteiger partial charge is 0.298 e. The van der Waals surface area contributed by atoms with E-state index in [0.29, 0.717) is 0 Å². The molecule has 0 aromatic carbocycles. The Morgan fingerprint density at radius 2 is 2.12 bits per heavy atom. The van der Waals surface area contributed by atoms with Gasteiger partial charge in [0.2, 0.25) is 0 Å². The maximum atomic E-state index is 2.55. The average Bonchev–Trinajstić information content (AvgIpc) is 2.52. The van der Waals surface area contributed by atoms with Gasteiger partial charge in [-0.3, -0.25) is 4.90 Å². The van der Waals surface area contributed by atoms with Crippen LogP contribution in [0, 0.1) is 5.92 Å². The van der Waals surface area contributed by atoms with Gasteiger partial charge < -0.3 is 0 Å². The van der Waals surface area contributed by atoms with E-state index in [2.05, 4.69) is 11.8 Å². The number of rotatable bonds is 2. The molecule has 1 heteroatoms. The molecular formula is C7H13N. The molecule has 46 valence electrons. The zero-order valence-corrected chi connectivity index (χ0v) is 5.43. The Hall–Kier alpha value is -0.0400. The summed E-state index contributed by atoms with van der Waals surface area (Å²) in [5.74, 6) is 1.10. The third-order valence-electron chi connectivity index (χ3n) is 2.18. The van der Waals surface area contributed by atoms with Crippen LogP contribution in [0.4, 0.5) is 0 Å². The summed E-state index contributed by atoms with van der Waals surface area (Å²) in [4.78, 5) is 2.55. The maximum absolute atomic E-state index is 2.55. The highest BCUT2D eigenvalue weighted by atomic mass is 15.3. The second-order valence-electron chi connectivity index (χ2n) is 3.25. The number of nitrogens with zero attached hydrogens (tertiary/aromatic N) is 1. The van der Waals surface area contributed by atoms with Crippen molar-refractivity contribution >= 4 is 0 Å². The lowest BCUT2D eigenvalue weighted by atomic mass is 10.4. The van der Waals surface area contributed by atoms with Crippen molar-refractivity contribution in [3.05, 3.63) is 0 Å². The van der Waals surface area contributed by atoms with Crippen LogP contribution in [0.25, 0.3) is 0 Å². The van der Waals surface area contributed by atoms with E-state index in [-0.39, 0.29) is 0 Å². The summed E-state index contributed by atoms with van der Waals surface area (Å²) in [6.07, 6.45) is 3.01. The molecule has 0 radical (unpaired) electrons. The van der Waals surface area contributed by atoms with Crippen LogP contribution in [-0.4, -0.2) is 24.0 Å². The molecule has 0 N–H and O–H groups in total. The molecule has 0 amide bonds. The molecule has 2 fully saturated rings. The Morgan fingerprint density at radius 3 is 2.50 bits per heavy atom. The van der Waals surface area contributed by atoms with Crippen LogP contribution < -0.4 is 0 Å². The summed E-state index contributed by atoms with van der Waals surface area (Å²) in [5, 5.41) is 0. The van der Waals surface area contributed by atoms with Gasteiger partial charge in [0.05, 0.1) is 0 Å². The fourth-order valence-electron chi connectivity index (χ4n) is 1.18. The Bertz CT molecular complexity index is 96.6. The van der Waals surface area contributed by atoms with Crippen molar-refractivity contribution in [1.82, 2.24) is 4.90 Å². The average molecular weight is 111 g/mol. The molecule has 1 nitrogen and oxygen atoms in total. The van der Waals surface area contributed by atoms with Crippen molar-refractivity contribution in [2.45, 2.75) is 25.8 Å². The highest BCUT2D eigenvalue weighted by Crippen LogP contribution is 2.33. The van der Waals surface area contributed by atoms with E-state index in [4.69, 9.17) is 0 Å². The van der Waals surface area contributed by atoms with Gasteiger partial charge in [0, 0.05) is 19.1 Å². The molecule has 2 rings (SSSR count). The molecule has 1 heterocycles. The molecule has 0 bridgehead atoms. The smallest absolute Gasteiger partial charge is 0.0195 e. The predicted octanol–water partition coefficient (Wildman–Crippen LogP) is 1.10. The summed E-state index contributed by atoms with van der Waals surface area (Å²) in [7, 11) is 0. The zero-order valence-electron chi connectivity index (χ0n) is 5.43. The second kappa shape index (κ2) is 1.47. The molecule has 0 aromatic heterocycles. The Kier molecular flexibility index (Phi) is 0.884. The first-order valence-corrected chi connectivity index (χ1v) is 3.60. The first-order chi connectivity index (χ1) is 3.86. The van der Waals surface area contributed by atoms with Crippen LogP contribution >= 0.6 is 0 Å². The first-order valence-electron chi connectivity index (χ1n) is 3.60. The molecule has 8 heavy (non-hydrogen) atoms. The molecule has 1 saturated carbocycles. The van der Waals surface area contributed by atoms with E-state index in [1.54, 1.807) is 0 Å². The van der Waals surface area contributed by atoms with Gasteiger partial charge in [0.25, 0.3) is 0 Å². The SMILES string of the molecule is CC1CN1CC1CC1. The van der Waals surface area contributed by atoms with Crippen LogP contribution in [0.1, 0.15) is 19.8 Å². The Labute approximate surface area is 50.7 Å². The van der Waals surface area contributed by atoms with E-state index in [1.807, 2.05) is 0 Å². The van der Waals surface area contributed by atoms with E-state index in [9.17, 15) is 0 Å². The van der Waals surface area contributed by atoms with Gasteiger partial charge in [-0.1, -0.05) is 0 Å². The first kappa shape index (κ1) is 4.80. The molecule has 2 unspecified atom stereocenters. The van der Waals surface area contributed by atoms with Crippen LogP contribution in [0.2, 0.25) is 0 Å². The summed E-state index contributed by atoms with van der Waals surface area (Å²) in [6, 6.07) is 0.926. The minimum Gasteiger partial charge on any atom is -0.298 e. The van der Waals surface area contributed by atoms with Crippen molar-refractivity contribution < 1.29 is 0 Å². The molecular weight excluding hydrogens is 98.1 g/mol. The molecule has 2 aliphatic rings. The van der Waals surface area contributed by atoms with E-state index in [0.717, 1.165) is 12.0 Å². The molecule has 1 aliphatic carbocycles. The lowest BCUT2D eigenvalue weighted by Crippen LogP contribution is -2.02. The Balaban J connectivity index is 1.69.